The number of hydrogen-bond acceptors (Lipinski definition) is 1. The lowest BCUT2D eigenvalue weighted by molar-refractivity contribution is 0.899. The Labute approximate surface area is 189 Å². The van der Waals surface area contributed by atoms with Gasteiger partial charge in [-0.3, -0.25) is 0 Å². The number of para-hydroxylation sites is 1. The predicted octanol–water partition coefficient (Wildman–Crippen LogP) is 6.40. The molecule has 0 spiro atoms. The van der Waals surface area contributed by atoms with E-state index in [-0.39, 0.29) is 0 Å². The van der Waals surface area contributed by atoms with Crippen LogP contribution < -0.4 is 15.3 Å². The van der Waals surface area contributed by atoms with Crippen molar-refractivity contribution in [2.75, 3.05) is 4.90 Å². The zero-order valence-electron chi connectivity index (χ0n) is 18.4. The summed E-state index contributed by atoms with van der Waals surface area (Å²) in [5, 5.41) is 6.04. The van der Waals surface area contributed by atoms with Crippen LogP contribution in [0.15, 0.2) is 69.9 Å². The average molecular weight is 475 g/mol. The summed E-state index contributed by atoms with van der Waals surface area (Å²) < 4.78 is 1.26. The SMILES string of the molecule is CC1=Cc2c(Br)c3c(cc2=C1[Si](C)(C)C1=CC=CC1)N(c1ccccc1)C(C)C=3C. The van der Waals surface area contributed by atoms with E-state index in [1.807, 2.05) is 0 Å². The van der Waals surface area contributed by atoms with Crippen LogP contribution in [0.3, 0.4) is 0 Å². The molecule has 0 radical (unpaired) electrons. The van der Waals surface area contributed by atoms with E-state index in [0.29, 0.717) is 6.04 Å². The first kappa shape index (κ1) is 19.8. The second-order valence-electron chi connectivity index (χ2n) is 9.26. The molecule has 30 heavy (non-hydrogen) atoms. The highest BCUT2D eigenvalue weighted by molar-refractivity contribution is 9.10. The first-order chi connectivity index (χ1) is 14.3. The van der Waals surface area contributed by atoms with Crippen LogP contribution in [0.1, 0.15) is 32.8 Å². The van der Waals surface area contributed by atoms with Crippen molar-refractivity contribution in [3.05, 3.63) is 85.9 Å². The highest BCUT2D eigenvalue weighted by Crippen LogP contribution is 2.40. The molecular weight excluding hydrogens is 446 g/mol. The zero-order chi connectivity index (χ0) is 21.2. The van der Waals surface area contributed by atoms with Crippen LogP contribution in [0.4, 0.5) is 11.4 Å². The Balaban J connectivity index is 1.81. The van der Waals surface area contributed by atoms with Crippen LogP contribution in [0.5, 0.6) is 0 Å². The Morgan fingerprint density at radius 2 is 1.83 bits per heavy atom. The van der Waals surface area contributed by atoms with E-state index < -0.39 is 8.07 Å². The summed E-state index contributed by atoms with van der Waals surface area (Å²) in [5.41, 5.74) is 6.84. The monoisotopic (exact) mass is 473 g/mol. The molecule has 2 aromatic rings. The Bertz CT molecular complexity index is 1280. The first-order valence-electron chi connectivity index (χ1n) is 10.8. The molecular formula is C27H28BrNSi. The van der Waals surface area contributed by atoms with Crippen molar-refractivity contribution < 1.29 is 0 Å². The minimum Gasteiger partial charge on any atom is -0.334 e. The molecule has 3 aliphatic rings. The van der Waals surface area contributed by atoms with Crippen LogP contribution >= 0.6 is 15.9 Å². The second-order valence-corrected chi connectivity index (χ2v) is 14.4. The van der Waals surface area contributed by atoms with Crippen molar-refractivity contribution in [3.63, 3.8) is 0 Å². The molecule has 2 aliphatic carbocycles. The number of fused-ring (bicyclic) bond motifs is 2. The van der Waals surface area contributed by atoms with Gasteiger partial charge in [-0.05, 0) is 82.9 Å². The first-order valence-corrected chi connectivity index (χ1v) is 14.6. The third-order valence-electron chi connectivity index (χ3n) is 7.21. The Hall–Kier alpha value is -2.10. The largest absolute Gasteiger partial charge is 0.334 e. The van der Waals surface area contributed by atoms with Gasteiger partial charge in [0.2, 0.25) is 0 Å². The third-order valence-corrected chi connectivity index (χ3v) is 11.9. The Morgan fingerprint density at radius 1 is 1.10 bits per heavy atom. The number of nitrogens with zero attached hydrogens (tertiary/aromatic N) is 1. The molecule has 0 aromatic heterocycles. The topological polar surface area (TPSA) is 3.24 Å². The maximum atomic E-state index is 4.04. The van der Waals surface area contributed by atoms with Gasteiger partial charge in [0, 0.05) is 15.4 Å². The van der Waals surface area contributed by atoms with Crippen LogP contribution in [-0.2, 0) is 0 Å². The van der Waals surface area contributed by atoms with Crippen molar-refractivity contribution >= 4 is 52.2 Å². The molecule has 1 atom stereocenters. The predicted molar refractivity (Wildman–Crippen MR) is 137 cm³/mol. The lowest BCUT2D eigenvalue weighted by Gasteiger charge is -2.29. The molecule has 5 rings (SSSR count). The molecule has 0 N–H and O–H groups in total. The van der Waals surface area contributed by atoms with E-state index in [0.717, 1.165) is 6.42 Å². The lowest BCUT2D eigenvalue weighted by atomic mass is 10.1. The van der Waals surface area contributed by atoms with Gasteiger partial charge in [-0.1, -0.05) is 66.4 Å². The third kappa shape index (κ3) is 2.71. The highest BCUT2D eigenvalue weighted by Gasteiger charge is 2.36. The average Bonchev–Trinajstić information content (AvgIpc) is 3.42. The summed E-state index contributed by atoms with van der Waals surface area (Å²) in [7, 11) is -1.74. The van der Waals surface area contributed by atoms with E-state index in [2.05, 4.69) is 115 Å². The van der Waals surface area contributed by atoms with Gasteiger partial charge in [0.15, 0.2) is 0 Å². The summed E-state index contributed by atoms with van der Waals surface area (Å²) in [6.07, 6.45) is 10.4. The fourth-order valence-electron chi connectivity index (χ4n) is 5.53. The lowest BCUT2D eigenvalue weighted by Crippen LogP contribution is -2.35. The summed E-state index contributed by atoms with van der Waals surface area (Å²) >= 11 is 4.04. The Morgan fingerprint density at radius 3 is 2.50 bits per heavy atom. The van der Waals surface area contributed by atoms with Crippen LogP contribution in [-0.4, -0.2) is 14.1 Å². The molecule has 0 saturated carbocycles. The molecule has 2 aromatic carbocycles. The van der Waals surface area contributed by atoms with E-state index in [1.54, 1.807) is 10.4 Å². The highest BCUT2D eigenvalue weighted by atomic mass is 79.9. The zero-order valence-corrected chi connectivity index (χ0v) is 21.0. The normalized spacial score (nSPS) is 19.9. The number of rotatable bonds is 3. The van der Waals surface area contributed by atoms with Crippen molar-refractivity contribution in [1.29, 1.82) is 0 Å². The van der Waals surface area contributed by atoms with Crippen LogP contribution in [0.25, 0.3) is 16.8 Å². The number of benzene rings is 2. The van der Waals surface area contributed by atoms with Crippen molar-refractivity contribution in [2.24, 2.45) is 0 Å². The van der Waals surface area contributed by atoms with Gasteiger partial charge < -0.3 is 4.90 Å². The fraction of sp³-hybridized carbons (Fsp3) is 0.259. The van der Waals surface area contributed by atoms with Crippen molar-refractivity contribution in [3.8, 4) is 0 Å². The smallest absolute Gasteiger partial charge is 0.109 e. The maximum absolute atomic E-state index is 4.04. The molecule has 1 nitrogen and oxygen atoms in total. The number of anilines is 2. The van der Waals surface area contributed by atoms with E-state index >= 15 is 0 Å². The minimum absolute atomic E-state index is 0.349. The molecule has 0 bridgehead atoms. The van der Waals surface area contributed by atoms with E-state index in [4.69, 9.17) is 0 Å². The second kappa shape index (κ2) is 6.96. The maximum Gasteiger partial charge on any atom is 0.109 e. The van der Waals surface area contributed by atoms with Crippen molar-refractivity contribution in [1.82, 2.24) is 0 Å². The summed E-state index contributed by atoms with van der Waals surface area (Å²) in [5.74, 6) is 0. The molecule has 152 valence electrons. The number of halogens is 1. The quantitative estimate of drug-likeness (QED) is 0.466. The van der Waals surface area contributed by atoms with Gasteiger partial charge in [0.25, 0.3) is 0 Å². The molecule has 1 heterocycles. The standard InChI is InChI=1S/C27H28BrNSi/c1-17-15-22-23(27(17)30(4,5)21-13-9-10-14-21)16-24-25(26(22)28)18(2)19(3)29(24)20-11-7-6-8-12-20/h6-13,15-16,19H,14H2,1-5H3. The summed E-state index contributed by atoms with van der Waals surface area (Å²) in [4.78, 5) is 2.51. The van der Waals surface area contributed by atoms with Gasteiger partial charge in [-0.25, -0.2) is 0 Å². The molecule has 0 saturated heterocycles. The van der Waals surface area contributed by atoms with Gasteiger partial charge in [-0.15, -0.1) is 0 Å². The van der Waals surface area contributed by atoms with Gasteiger partial charge >= 0.3 is 0 Å². The minimum atomic E-state index is -1.74. The van der Waals surface area contributed by atoms with Gasteiger partial charge in [0.1, 0.15) is 8.07 Å². The number of hydrogen-bond donors (Lipinski definition) is 0. The van der Waals surface area contributed by atoms with Crippen molar-refractivity contribution in [2.45, 2.75) is 46.3 Å². The molecule has 0 amide bonds. The van der Waals surface area contributed by atoms with Crippen LogP contribution in [0, 0.1) is 0 Å². The molecule has 1 aliphatic heterocycles. The summed E-state index contributed by atoms with van der Waals surface area (Å²) in [6.45, 7) is 11.9. The molecule has 0 fully saturated rings. The van der Waals surface area contributed by atoms with Gasteiger partial charge in [-0.2, -0.15) is 0 Å². The molecule has 1 unspecified atom stereocenters. The van der Waals surface area contributed by atoms with Gasteiger partial charge in [0.05, 0.1) is 11.7 Å². The van der Waals surface area contributed by atoms with Crippen LogP contribution in [0.2, 0.25) is 13.1 Å². The number of allylic oxidation sites excluding steroid dienone is 5. The Kier molecular flexibility index (Phi) is 4.60. The molecule has 3 heteroatoms. The summed E-state index contributed by atoms with van der Waals surface area (Å²) in [6, 6.07) is 13.6. The van der Waals surface area contributed by atoms with E-state index in [9.17, 15) is 0 Å². The van der Waals surface area contributed by atoms with E-state index in [1.165, 1.54) is 43.0 Å². The fourth-order valence-corrected chi connectivity index (χ4v) is 9.77.